The minimum atomic E-state index is -0.912. The zero-order valence-corrected chi connectivity index (χ0v) is 10.1. The molecule has 0 radical (unpaired) electrons. The van der Waals surface area contributed by atoms with E-state index in [-0.39, 0.29) is 12.0 Å². The van der Waals surface area contributed by atoms with Gasteiger partial charge in [0.25, 0.3) is 0 Å². The van der Waals surface area contributed by atoms with E-state index in [4.69, 9.17) is 4.84 Å². The van der Waals surface area contributed by atoms with Crippen LogP contribution >= 0.6 is 0 Å². The van der Waals surface area contributed by atoms with Crippen LogP contribution in [0.2, 0.25) is 0 Å². The van der Waals surface area contributed by atoms with Gasteiger partial charge in [0.2, 0.25) is 0 Å². The molecule has 98 valence electrons. The molecule has 0 bridgehead atoms. The summed E-state index contributed by atoms with van der Waals surface area (Å²) >= 11 is 0. The number of aliphatic hydroxyl groups excluding tert-OH is 1. The zero-order chi connectivity index (χ0) is 13.3. The molecule has 0 saturated heterocycles. The quantitative estimate of drug-likeness (QED) is 0.837. The van der Waals surface area contributed by atoms with Gasteiger partial charge in [-0.15, -0.1) is 0 Å². The van der Waals surface area contributed by atoms with Crippen LogP contribution in [0.1, 0.15) is 18.1 Å². The molecule has 4 nitrogen and oxygen atoms in total. The van der Waals surface area contributed by atoms with Gasteiger partial charge in [-0.25, -0.2) is 8.78 Å². The third-order valence-electron chi connectivity index (χ3n) is 2.80. The lowest BCUT2D eigenvalue weighted by molar-refractivity contribution is 0.0786. The van der Waals surface area contributed by atoms with Crippen LogP contribution in [0.3, 0.4) is 0 Å². The summed E-state index contributed by atoms with van der Waals surface area (Å²) in [5.41, 5.74) is 0.204. The monoisotopic (exact) mass is 256 g/mol. The van der Waals surface area contributed by atoms with E-state index in [2.05, 4.69) is 5.16 Å². The largest absolute Gasteiger partial charge is 0.387 e. The lowest BCUT2D eigenvalue weighted by Crippen LogP contribution is -2.34. The van der Waals surface area contributed by atoms with Crippen LogP contribution in [-0.2, 0) is 4.84 Å². The number of nitrogens with zero attached hydrogens (tertiary/aromatic N) is 2. The Hall–Kier alpha value is -1.53. The molecule has 0 spiro atoms. The Morgan fingerprint density at radius 3 is 2.56 bits per heavy atom. The predicted octanol–water partition coefficient (Wildman–Crippen LogP) is 1.66. The zero-order valence-electron chi connectivity index (χ0n) is 10.1. The molecule has 0 saturated carbocycles. The Morgan fingerprint density at radius 1 is 1.39 bits per heavy atom. The molecular formula is C12H14F2N2O2. The van der Waals surface area contributed by atoms with Crippen LogP contribution in [0, 0.1) is 11.6 Å². The minimum absolute atomic E-state index is 0.151. The summed E-state index contributed by atoms with van der Waals surface area (Å²) in [7, 11) is 3.34. The maximum atomic E-state index is 13.5. The van der Waals surface area contributed by atoms with E-state index < -0.39 is 24.0 Å². The maximum Gasteiger partial charge on any atom is 0.163 e. The van der Waals surface area contributed by atoms with Crippen LogP contribution in [0.4, 0.5) is 8.78 Å². The first-order chi connectivity index (χ1) is 8.50. The maximum absolute atomic E-state index is 13.5. The lowest BCUT2D eigenvalue weighted by atomic mass is 10.0. The van der Waals surface area contributed by atoms with E-state index in [0.29, 0.717) is 5.71 Å². The summed E-state index contributed by atoms with van der Waals surface area (Å²) < 4.78 is 27.1. The Balaban J connectivity index is 2.16. The second-order valence-electron chi connectivity index (χ2n) is 4.35. The third-order valence-corrected chi connectivity index (χ3v) is 2.80. The molecule has 1 aromatic rings. The summed E-state index contributed by atoms with van der Waals surface area (Å²) in [6, 6.07) is 3.63. The van der Waals surface area contributed by atoms with Crippen LogP contribution in [0.5, 0.6) is 0 Å². The van der Waals surface area contributed by atoms with Gasteiger partial charge in [-0.2, -0.15) is 0 Å². The Bertz CT molecular complexity index is 457. The molecule has 0 fully saturated rings. The first-order valence-electron chi connectivity index (χ1n) is 5.51. The molecular weight excluding hydrogens is 242 g/mol. The molecule has 1 aromatic carbocycles. The summed E-state index contributed by atoms with van der Waals surface area (Å²) in [4.78, 5) is 6.54. The average molecular weight is 256 g/mol. The van der Waals surface area contributed by atoms with E-state index in [1.807, 2.05) is 0 Å². The highest BCUT2D eigenvalue weighted by molar-refractivity contribution is 5.89. The standard InChI is InChI=1S/C12H14F2N2O2/c1-16(2)12(17)9-6-10(18-15-9)11-7(13)4-3-5-8(11)14/h3-5,10,12,17H,6H2,1-2H3. The van der Waals surface area contributed by atoms with Crippen LogP contribution < -0.4 is 0 Å². The molecule has 18 heavy (non-hydrogen) atoms. The fraction of sp³-hybridized carbons (Fsp3) is 0.417. The van der Waals surface area contributed by atoms with E-state index >= 15 is 0 Å². The molecule has 6 heteroatoms. The van der Waals surface area contributed by atoms with E-state index in [1.54, 1.807) is 14.1 Å². The molecule has 1 N–H and O–H groups in total. The second kappa shape index (κ2) is 4.99. The molecule has 0 aliphatic carbocycles. The highest BCUT2D eigenvalue weighted by atomic mass is 19.1. The fourth-order valence-corrected chi connectivity index (χ4v) is 1.82. The predicted molar refractivity (Wildman–Crippen MR) is 61.9 cm³/mol. The number of rotatable bonds is 3. The van der Waals surface area contributed by atoms with Crippen molar-refractivity contribution in [1.82, 2.24) is 4.90 Å². The lowest BCUT2D eigenvalue weighted by Gasteiger charge is -2.17. The van der Waals surface area contributed by atoms with E-state index in [1.165, 1.54) is 23.1 Å². The van der Waals surface area contributed by atoms with Gasteiger partial charge in [-0.05, 0) is 26.2 Å². The van der Waals surface area contributed by atoms with Gasteiger partial charge in [0, 0.05) is 6.42 Å². The van der Waals surface area contributed by atoms with Crippen molar-refractivity contribution < 1.29 is 18.7 Å². The smallest absolute Gasteiger partial charge is 0.163 e. The summed E-state index contributed by atoms with van der Waals surface area (Å²) in [5, 5.41) is 13.4. The fourth-order valence-electron chi connectivity index (χ4n) is 1.82. The topological polar surface area (TPSA) is 45.1 Å². The minimum Gasteiger partial charge on any atom is -0.387 e. The number of oxime groups is 1. The van der Waals surface area contributed by atoms with Gasteiger partial charge in [0.05, 0.1) is 5.56 Å². The third kappa shape index (κ3) is 2.34. The highest BCUT2D eigenvalue weighted by Gasteiger charge is 2.31. The average Bonchev–Trinajstić information content (AvgIpc) is 2.77. The Kier molecular flexibility index (Phi) is 3.58. The molecule has 2 unspecified atom stereocenters. The van der Waals surface area contributed by atoms with Gasteiger partial charge in [-0.1, -0.05) is 11.2 Å². The second-order valence-corrected chi connectivity index (χ2v) is 4.35. The summed E-state index contributed by atoms with van der Waals surface area (Å²) in [5.74, 6) is -1.34. The van der Waals surface area contributed by atoms with Crippen molar-refractivity contribution in [2.45, 2.75) is 18.8 Å². The van der Waals surface area contributed by atoms with Crippen molar-refractivity contribution in [3.05, 3.63) is 35.4 Å². The summed E-state index contributed by atoms with van der Waals surface area (Å²) in [6.07, 6.45) is -1.57. The molecule has 1 heterocycles. The molecule has 1 aliphatic rings. The van der Waals surface area contributed by atoms with Crippen LogP contribution in [0.15, 0.2) is 23.4 Å². The molecule has 2 rings (SSSR count). The van der Waals surface area contributed by atoms with Gasteiger partial charge in [0.15, 0.2) is 6.10 Å². The SMILES string of the molecule is CN(C)C(O)C1=NOC(c2c(F)cccc2F)C1. The number of hydrogen-bond donors (Lipinski definition) is 1. The van der Waals surface area contributed by atoms with Crippen molar-refractivity contribution in [2.24, 2.45) is 5.16 Å². The summed E-state index contributed by atoms with van der Waals surface area (Å²) in [6.45, 7) is 0. The number of hydrogen-bond acceptors (Lipinski definition) is 4. The van der Waals surface area contributed by atoms with Gasteiger partial charge in [-0.3, -0.25) is 4.90 Å². The number of benzene rings is 1. The van der Waals surface area contributed by atoms with Crippen molar-refractivity contribution >= 4 is 5.71 Å². The van der Waals surface area contributed by atoms with Crippen molar-refractivity contribution in [1.29, 1.82) is 0 Å². The Labute approximate surface area is 103 Å². The first-order valence-corrected chi connectivity index (χ1v) is 5.51. The molecule has 1 aliphatic heterocycles. The van der Waals surface area contributed by atoms with Crippen molar-refractivity contribution in [3.8, 4) is 0 Å². The van der Waals surface area contributed by atoms with Gasteiger partial charge >= 0.3 is 0 Å². The van der Waals surface area contributed by atoms with E-state index in [9.17, 15) is 13.9 Å². The van der Waals surface area contributed by atoms with Crippen LogP contribution in [0.25, 0.3) is 0 Å². The molecule has 2 atom stereocenters. The van der Waals surface area contributed by atoms with Gasteiger partial charge < -0.3 is 9.94 Å². The number of aliphatic hydroxyl groups is 1. The first kappa shape index (κ1) is 12.9. The normalized spacial score (nSPS) is 20.8. The van der Waals surface area contributed by atoms with Gasteiger partial charge in [0.1, 0.15) is 23.6 Å². The van der Waals surface area contributed by atoms with Crippen LogP contribution in [-0.4, -0.2) is 36.0 Å². The number of halogens is 2. The highest BCUT2D eigenvalue weighted by Crippen LogP contribution is 2.31. The van der Waals surface area contributed by atoms with Crippen molar-refractivity contribution in [2.75, 3.05) is 14.1 Å². The Morgan fingerprint density at radius 2 is 2.00 bits per heavy atom. The molecule has 0 amide bonds. The molecule has 0 aromatic heterocycles. The van der Waals surface area contributed by atoms with Crippen molar-refractivity contribution in [3.63, 3.8) is 0 Å². The van der Waals surface area contributed by atoms with E-state index in [0.717, 1.165) is 0 Å².